The number of nitrogens with zero attached hydrogens (tertiary/aromatic N) is 3. The van der Waals surface area contributed by atoms with Crippen molar-refractivity contribution in [2.45, 2.75) is 37.8 Å². The number of carbonyl (C=O) groups excluding carboxylic acids is 1. The van der Waals surface area contributed by atoms with Crippen molar-refractivity contribution in [2.24, 2.45) is 0 Å². The zero-order valence-corrected chi connectivity index (χ0v) is 10.9. The van der Waals surface area contributed by atoms with Gasteiger partial charge in [-0.3, -0.25) is 5.32 Å². The lowest BCUT2D eigenvalue weighted by molar-refractivity contribution is 0.185. The monoisotopic (exact) mass is 267 g/mol. The van der Waals surface area contributed by atoms with Crippen molar-refractivity contribution in [1.82, 2.24) is 20.4 Å². The molecule has 0 bridgehead atoms. The molecule has 3 rings (SSSR count). The Hall–Kier alpha value is -1.21. The fourth-order valence-electron chi connectivity index (χ4n) is 2.28. The van der Waals surface area contributed by atoms with Gasteiger partial charge in [0.1, 0.15) is 5.51 Å². The van der Waals surface area contributed by atoms with Crippen LogP contribution in [0.3, 0.4) is 0 Å². The molecule has 0 unspecified atom stereocenters. The smallest absolute Gasteiger partial charge is 0.323 e. The van der Waals surface area contributed by atoms with E-state index in [1.165, 1.54) is 30.6 Å². The van der Waals surface area contributed by atoms with Crippen LogP contribution >= 0.6 is 11.3 Å². The van der Waals surface area contributed by atoms with Crippen LogP contribution in [0.15, 0.2) is 5.51 Å². The first kappa shape index (κ1) is 11.9. The number of hydrogen-bond donors (Lipinski definition) is 2. The molecule has 1 atom stereocenters. The lowest BCUT2D eigenvalue weighted by Gasteiger charge is -2.33. The van der Waals surface area contributed by atoms with E-state index >= 15 is 0 Å². The lowest BCUT2D eigenvalue weighted by Crippen LogP contribution is -2.49. The predicted octanol–water partition coefficient (Wildman–Crippen LogP) is 1.29. The van der Waals surface area contributed by atoms with E-state index in [9.17, 15) is 4.79 Å². The SMILES string of the molecule is O=C(Nc1nncs1)N1CCC[C@@H](NC2CC2)C1. The maximum atomic E-state index is 12.0. The molecule has 1 aliphatic carbocycles. The minimum Gasteiger partial charge on any atom is -0.323 e. The summed E-state index contributed by atoms with van der Waals surface area (Å²) in [4.78, 5) is 13.9. The van der Waals surface area contributed by atoms with Gasteiger partial charge in [-0.2, -0.15) is 0 Å². The number of urea groups is 1. The molecule has 1 aromatic heterocycles. The van der Waals surface area contributed by atoms with Crippen LogP contribution in [0.25, 0.3) is 0 Å². The highest BCUT2D eigenvalue weighted by Crippen LogP contribution is 2.22. The Morgan fingerprint density at radius 3 is 3.00 bits per heavy atom. The minimum absolute atomic E-state index is 0.0611. The Kier molecular flexibility index (Phi) is 3.42. The number of rotatable bonds is 3. The molecular weight excluding hydrogens is 250 g/mol. The number of amides is 2. The van der Waals surface area contributed by atoms with Crippen molar-refractivity contribution in [2.75, 3.05) is 18.4 Å². The normalized spacial score (nSPS) is 24.0. The van der Waals surface area contributed by atoms with Crippen LogP contribution < -0.4 is 10.6 Å². The molecular formula is C11H17N5OS. The van der Waals surface area contributed by atoms with Crippen molar-refractivity contribution < 1.29 is 4.79 Å². The van der Waals surface area contributed by atoms with Gasteiger partial charge in [0.2, 0.25) is 5.13 Å². The fourth-order valence-corrected chi connectivity index (χ4v) is 2.71. The van der Waals surface area contributed by atoms with Gasteiger partial charge in [-0.15, -0.1) is 10.2 Å². The number of nitrogens with one attached hydrogen (secondary N) is 2. The molecule has 7 heteroatoms. The summed E-state index contributed by atoms with van der Waals surface area (Å²) in [6.45, 7) is 1.62. The molecule has 2 heterocycles. The highest BCUT2D eigenvalue weighted by Gasteiger charge is 2.29. The lowest BCUT2D eigenvalue weighted by atomic mass is 10.1. The Morgan fingerprint density at radius 1 is 1.39 bits per heavy atom. The van der Waals surface area contributed by atoms with Crippen LogP contribution in [0.1, 0.15) is 25.7 Å². The number of hydrogen-bond acceptors (Lipinski definition) is 5. The Labute approximate surface area is 110 Å². The first-order valence-electron chi connectivity index (χ1n) is 6.39. The molecule has 2 aliphatic rings. The van der Waals surface area contributed by atoms with Gasteiger partial charge >= 0.3 is 6.03 Å². The van der Waals surface area contributed by atoms with E-state index in [1.807, 2.05) is 4.90 Å². The number of carbonyl (C=O) groups is 1. The van der Waals surface area contributed by atoms with Crippen molar-refractivity contribution in [3.05, 3.63) is 5.51 Å². The Bertz CT molecular complexity index is 406. The molecule has 0 aromatic carbocycles. The third kappa shape index (κ3) is 2.97. The van der Waals surface area contributed by atoms with Gasteiger partial charge in [-0.25, -0.2) is 4.79 Å². The predicted molar refractivity (Wildman–Crippen MR) is 69.7 cm³/mol. The number of anilines is 1. The topological polar surface area (TPSA) is 70.2 Å². The average molecular weight is 267 g/mol. The van der Waals surface area contributed by atoms with Crippen LogP contribution in [0.2, 0.25) is 0 Å². The second kappa shape index (κ2) is 5.19. The molecule has 6 nitrogen and oxygen atoms in total. The average Bonchev–Trinajstić information content (AvgIpc) is 3.04. The molecule has 2 amide bonds. The van der Waals surface area contributed by atoms with E-state index in [0.29, 0.717) is 17.2 Å². The first-order chi connectivity index (χ1) is 8.81. The molecule has 1 aromatic rings. The summed E-state index contributed by atoms with van der Waals surface area (Å²) in [5, 5.41) is 14.5. The third-order valence-corrected chi connectivity index (χ3v) is 3.94. The van der Waals surface area contributed by atoms with E-state index < -0.39 is 0 Å². The van der Waals surface area contributed by atoms with Crippen molar-refractivity contribution in [3.8, 4) is 0 Å². The van der Waals surface area contributed by atoms with Crippen molar-refractivity contribution >= 4 is 22.5 Å². The van der Waals surface area contributed by atoms with Gasteiger partial charge in [0.15, 0.2) is 0 Å². The summed E-state index contributed by atoms with van der Waals surface area (Å²) >= 11 is 1.34. The van der Waals surface area contributed by atoms with Crippen LogP contribution in [0, 0.1) is 0 Å². The summed E-state index contributed by atoms with van der Waals surface area (Å²) < 4.78 is 0. The molecule has 1 saturated heterocycles. The number of piperidine rings is 1. The van der Waals surface area contributed by atoms with E-state index in [4.69, 9.17) is 0 Å². The first-order valence-corrected chi connectivity index (χ1v) is 7.27. The largest absolute Gasteiger partial charge is 0.323 e. The summed E-state index contributed by atoms with van der Waals surface area (Å²) in [6, 6.07) is 1.08. The number of aromatic nitrogens is 2. The van der Waals surface area contributed by atoms with Crippen LogP contribution in [-0.4, -0.2) is 46.3 Å². The van der Waals surface area contributed by atoms with Gasteiger partial charge in [0, 0.05) is 25.2 Å². The zero-order valence-electron chi connectivity index (χ0n) is 10.1. The van der Waals surface area contributed by atoms with Gasteiger partial charge in [0.25, 0.3) is 0 Å². The summed E-state index contributed by atoms with van der Waals surface area (Å²) in [5.74, 6) is 0. The summed E-state index contributed by atoms with van der Waals surface area (Å²) in [5.41, 5.74) is 1.61. The molecule has 2 N–H and O–H groups in total. The highest BCUT2D eigenvalue weighted by molar-refractivity contribution is 7.13. The summed E-state index contributed by atoms with van der Waals surface area (Å²) in [7, 11) is 0. The quantitative estimate of drug-likeness (QED) is 0.865. The van der Waals surface area contributed by atoms with E-state index in [1.54, 1.807) is 5.51 Å². The fraction of sp³-hybridized carbons (Fsp3) is 0.727. The highest BCUT2D eigenvalue weighted by atomic mass is 32.1. The van der Waals surface area contributed by atoms with Crippen molar-refractivity contribution in [1.29, 1.82) is 0 Å². The number of likely N-dealkylation sites (tertiary alicyclic amines) is 1. The van der Waals surface area contributed by atoms with E-state index in [-0.39, 0.29) is 6.03 Å². The Morgan fingerprint density at radius 2 is 2.28 bits per heavy atom. The van der Waals surface area contributed by atoms with E-state index in [2.05, 4.69) is 20.8 Å². The van der Waals surface area contributed by atoms with Crippen molar-refractivity contribution in [3.63, 3.8) is 0 Å². The minimum atomic E-state index is -0.0611. The third-order valence-electron chi connectivity index (χ3n) is 3.33. The molecule has 18 heavy (non-hydrogen) atoms. The second-order valence-electron chi connectivity index (χ2n) is 4.90. The molecule has 0 spiro atoms. The van der Waals surface area contributed by atoms with Crippen LogP contribution in [0.4, 0.5) is 9.93 Å². The van der Waals surface area contributed by atoms with Gasteiger partial charge < -0.3 is 10.2 Å². The maximum absolute atomic E-state index is 12.0. The molecule has 1 aliphatic heterocycles. The molecule has 0 radical (unpaired) electrons. The van der Waals surface area contributed by atoms with Gasteiger partial charge in [-0.1, -0.05) is 11.3 Å². The van der Waals surface area contributed by atoms with Gasteiger partial charge in [0.05, 0.1) is 0 Å². The van der Waals surface area contributed by atoms with Gasteiger partial charge in [-0.05, 0) is 25.7 Å². The van der Waals surface area contributed by atoms with Crippen LogP contribution in [-0.2, 0) is 0 Å². The summed E-state index contributed by atoms with van der Waals surface area (Å²) in [6.07, 6.45) is 4.80. The molecule has 1 saturated carbocycles. The zero-order chi connectivity index (χ0) is 12.4. The molecule has 2 fully saturated rings. The maximum Gasteiger partial charge on any atom is 0.323 e. The Balaban J connectivity index is 1.52. The second-order valence-corrected chi connectivity index (χ2v) is 5.73. The van der Waals surface area contributed by atoms with E-state index in [0.717, 1.165) is 19.5 Å². The molecule has 98 valence electrons. The standard InChI is InChI=1S/C11H17N5OS/c17-11(14-10-15-12-7-18-10)16-5-1-2-9(6-16)13-8-3-4-8/h7-9,13H,1-6H2,(H,14,15,17)/t9-/m1/s1. The van der Waals surface area contributed by atoms with Crippen LogP contribution in [0.5, 0.6) is 0 Å².